The van der Waals surface area contributed by atoms with E-state index in [2.05, 4.69) is 25.8 Å². The summed E-state index contributed by atoms with van der Waals surface area (Å²) in [6.07, 6.45) is 2.80. The number of pyridine rings is 1. The van der Waals surface area contributed by atoms with Crippen molar-refractivity contribution in [3.05, 3.63) is 29.6 Å². The fourth-order valence-corrected chi connectivity index (χ4v) is 1.03. The first-order valence-electron chi connectivity index (χ1n) is 5.35. The van der Waals surface area contributed by atoms with Gasteiger partial charge in [0.15, 0.2) is 0 Å². The second kappa shape index (κ2) is 5.24. The first-order chi connectivity index (χ1) is 7.07. The van der Waals surface area contributed by atoms with E-state index < -0.39 is 0 Å². The normalized spacial score (nSPS) is 11.7. The maximum atomic E-state index is 5.74. The summed E-state index contributed by atoms with van der Waals surface area (Å²) < 4.78 is 5.74. The van der Waals surface area contributed by atoms with Gasteiger partial charge in [-0.15, -0.1) is 0 Å². The third kappa shape index (κ3) is 3.98. The van der Waals surface area contributed by atoms with Crippen LogP contribution in [0.2, 0.25) is 0 Å². The number of rotatable bonds is 5. The van der Waals surface area contributed by atoms with E-state index in [-0.39, 0.29) is 5.60 Å². The molecule has 3 nitrogen and oxygen atoms in total. The minimum atomic E-state index is -0.0752. The van der Waals surface area contributed by atoms with Gasteiger partial charge in [0.1, 0.15) is 0 Å². The molecule has 1 aromatic rings. The van der Waals surface area contributed by atoms with Crippen molar-refractivity contribution in [3.8, 4) is 0 Å². The molecule has 0 aliphatic rings. The van der Waals surface area contributed by atoms with E-state index >= 15 is 0 Å². The average Bonchev–Trinajstić information content (AvgIpc) is 2.27. The molecule has 2 N–H and O–H groups in total. The maximum absolute atomic E-state index is 5.74. The van der Waals surface area contributed by atoms with Crippen molar-refractivity contribution in [1.29, 1.82) is 0 Å². The van der Waals surface area contributed by atoms with Crippen molar-refractivity contribution in [2.24, 2.45) is 5.73 Å². The number of nitrogens with zero attached hydrogens (tertiary/aromatic N) is 1. The van der Waals surface area contributed by atoms with Gasteiger partial charge >= 0.3 is 0 Å². The van der Waals surface area contributed by atoms with Crippen molar-refractivity contribution in [2.45, 2.75) is 45.9 Å². The molecule has 0 unspecified atom stereocenters. The summed E-state index contributed by atoms with van der Waals surface area (Å²) in [6, 6.07) is 3.96. The van der Waals surface area contributed by atoms with Crippen LogP contribution in [-0.2, 0) is 17.9 Å². The molecule has 3 heteroatoms. The van der Waals surface area contributed by atoms with Crippen LogP contribution >= 0.6 is 0 Å². The zero-order valence-electron chi connectivity index (χ0n) is 9.79. The molecule has 0 aromatic carbocycles. The zero-order chi connectivity index (χ0) is 11.3. The van der Waals surface area contributed by atoms with Gasteiger partial charge in [0.25, 0.3) is 0 Å². The lowest BCUT2D eigenvalue weighted by Gasteiger charge is -2.23. The quantitative estimate of drug-likeness (QED) is 0.807. The fraction of sp³-hybridized carbons (Fsp3) is 0.583. The van der Waals surface area contributed by atoms with Crippen molar-refractivity contribution >= 4 is 0 Å². The molecular weight excluding hydrogens is 188 g/mol. The Kier molecular flexibility index (Phi) is 4.24. The maximum Gasteiger partial charge on any atom is 0.0895 e. The summed E-state index contributed by atoms with van der Waals surface area (Å²) in [5, 5.41) is 0. The monoisotopic (exact) mass is 208 g/mol. The molecular formula is C12H20N2O. The SMILES string of the molecule is CCC(C)(C)OCc1ccc(CN)cn1. The van der Waals surface area contributed by atoms with E-state index in [4.69, 9.17) is 10.5 Å². The molecule has 0 atom stereocenters. The van der Waals surface area contributed by atoms with Crippen LogP contribution in [0.3, 0.4) is 0 Å². The molecule has 0 amide bonds. The number of aromatic nitrogens is 1. The van der Waals surface area contributed by atoms with Crippen LogP contribution in [0.4, 0.5) is 0 Å². The highest BCUT2D eigenvalue weighted by Gasteiger charge is 2.15. The lowest BCUT2D eigenvalue weighted by Crippen LogP contribution is -2.22. The van der Waals surface area contributed by atoms with Crippen LogP contribution in [0.15, 0.2) is 18.3 Å². The van der Waals surface area contributed by atoms with Crippen LogP contribution in [-0.4, -0.2) is 10.6 Å². The number of nitrogens with two attached hydrogens (primary N) is 1. The predicted molar refractivity (Wildman–Crippen MR) is 61.3 cm³/mol. The van der Waals surface area contributed by atoms with Gasteiger partial charge in [-0.2, -0.15) is 0 Å². The standard InChI is InChI=1S/C12H20N2O/c1-4-12(2,3)15-9-11-6-5-10(7-13)8-14-11/h5-6,8H,4,7,9,13H2,1-3H3. The Hall–Kier alpha value is -0.930. The van der Waals surface area contributed by atoms with Gasteiger partial charge in [-0.25, -0.2) is 0 Å². The highest BCUT2D eigenvalue weighted by molar-refractivity contribution is 5.13. The lowest BCUT2D eigenvalue weighted by atomic mass is 10.1. The van der Waals surface area contributed by atoms with Crippen LogP contribution in [0.25, 0.3) is 0 Å². The first kappa shape index (κ1) is 12.1. The molecule has 1 aromatic heterocycles. The van der Waals surface area contributed by atoms with E-state index in [1.54, 1.807) is 6.20 Å². The summed E-state index contributed by atoms with van der Waals surface area (Å²) in [6.45, 7) is 7.38. The van der Waals surface area contributed by atoms with E-state index in [0.29, 0.717) is 13.2 Å². The summed E-state index contributed by atoms with van der Waals surface area (Å²) in [7, 11) is 0. The molecule has 15 heavy (non-hydrogen) atoms. The Labute approximate surface area is 91.7 Å². The fourth-order valence-electron chi connectivity index (χ4n) is 1.03. The second-order valence-corrected chi connectivity index (χ2v) is 4.26. The largest absolute Gasteiger partial charge is 0.369 e. The van der Waals surface area contributed by atoms with Gasteiger partial charge in [-0.05, 0) is 31.9 Å². The zero-order valence-corrected chi connectivity index (χ0v) is 9.79. The van der Waals surface area contributed by atoms with Crippen LogP contribution in [0, 0.1) is 0 Å². The Morgan fingerprint density at radius 2 is 2.13 bits per heavy atom. The molecule has 84 valence electrons. The Balaban J connectivity index is 2.51. The van der Waals surface area contributed by atoms with Gasteiger partial charge in [0.05, 0.1) is 17.9 Å². The molecule has 0 aliphatic heterocycles. The molecule has 0 fully saturated rings. The second-order valence-electron chi connectivity index (χ2n) is 4.26. The van der Waals surface area contributed by atoms with Crippen LogP contribution < -0.4 is 5.73 Å². The van der Waals surface area contributed by atoms with E-state index in [9.17, 15) is 0 Å². The molecule has 0 radical (unpaired) electrons. The third-order valence-corrected chi connectivity index (χ3v) is 2.58. The Morgan fingerprint density at radius 3 is 2.60 bits per heavy atom. The summed E-state index contributed by atoms with van der Waals surface area (Å²) in [4.78, 5) is 4.28. The molecule has 0 saturated carbocycles. The predicted octanol–water partition coefficient (Wildman–Crippen LogP) is 2.25. The molecule has 0 aliphatic carbocycles. The van der Waals surface area contributed by atoms with Crippen molar-refractivity contribution in [2.75, 3.05) is 0 Å². The minimum absolute atomic E-state index is 0.0752. The van der Waals surface area contributed by atoms with E-state index in [1.165, 1.54) is 0 Å². The third-order valence-electron chi connectivity index (χ3n) is 2.58. The summed E-state index contributed by atoms with van der Waals surface area (Å²) in [5.41, 5.74) is 7.42. The van der Waals surface area contributed by atoms with Crippen molar-refractivity contribution in [3.63, 3.8) is 0 Å². The Bertz CT molecular complexity index is 293. The number of hydrogen-bond donors (Lipinski definition) is 1. The molecule has 0 bridgehead atoms. The van der Waals surface area contributed by atoms with Crippen molar-refractivity contribution < 1.29 is 4.74 Å². The summed E-state index contributed by atoms with van der Waals surface area (Å²) >= 11 is 0. The average molecular weight is 208 g/mol. The molecule has 1 heterocycles. The van der Waals surface area contributed by atoms with E-state index in [0.717, 1.165) is 17.7 Å². The Morgan fingerprint density at radius 1 is 1.40 bits per heavy atom. The van der Waals surface area contributed by atoms with Gasteiger partial charge in [-0.1, -0.05) is 13.0 Å². The van der Waals surface area contributed by atoms with Crippen molar-refractivity contribution in [1.82, 2.24) is 4.98 Å². The molecule has 0 spiro atoms. The van der Waals surface area contributed by atoms with Gasteiger partial charge in [0.2, 0.25) is 0 Å². The molecule has 0 saturated heterocycles. The molecule has 1 rings (SSSR count). The van der Waals surface area contributed by atoms with E-state index in [1.807, 2.05) is 12.1 Å². The highest BCUT2D eigenvalue weighted by atomic mass is 16.5. The van der Waals surface area contributed by atoms with Crippen LogP contribution in [0.5, 0.6) is 0 Å². The summed E-state index contributed by atoms with van der Waals surface area (Å²) in [5.74, 6) is 0. The topological polar surface area (TPSA) is 48.1 Å². The van der Waals surface area contributed by atoms with Gasteiger partial charge in [0, 0.05) is 12.7 Å². The minimum Gasteiger partial charge on any atom is -0.369 e. The van der Waals surface area contributed by atoms with Gasteiger partial charge < -0.3 is 10.5 Å². The number of ether oxygens (including phenoxy) is 1. The number of hydrogen-bond acceptors (Lipinski definition) is 3. The van der Waals surface area contributed by atoms with Crippen LogP contribution in [0.1, 0.15) is 38.4 Å². The smallest absolute Gasteiger partial charge is 0.0895 e. The first-order valence-corrected chi connectivity index (χ1v) is 5.35. The lowest BCUT2D eigenvalue weighted by molar-refractivity contribution is -0.0330. The van der Waals surface area contributed by atoms with Gasteiger partial charge in [-0.3, -0.25) is 4.98 Å². The highest BCUT2D eigenvalue weighted by Crippen LogP contribution is 2.15.